The van der Waals surface area contributed by atoms with Crippen LogP contribution >= 0.6 is 11.8 Å². The molecule has 0 radical (unpaired) electrons. The van der Waals surface area contributed by atoms with Gasteiger partial charge in [0.15, 0.2) is 5.96 Å². The average molecular weight is 267 g/mol. The van der Waals surface area contributed by atoms with Crippen LogP contribution in [-0.4, -0.2) is 31.6 Å². The Bertz CT molecular complexity index is 382. The van der Waals surface area contributed by atoms with Crippen LogP contribution in [0.1, 0.15) is 12.8 Å². The molecular formula is C13H21N3OS. The second-order valence-corrected chi connectivity index (χ2v) is 4.81. The summed E-state index contributed by atoms with van der Waals surface area (Å²) in [5.74, 6) is 2.43. The number of hydrogen-bond donors (Lipinski definition) is 2. The molecule has 1 rings (SSSR count). The number of ether oxygens (including phenoxy) is 1. The number of nitrogens with two attached hydrogens (primary N) is 1. The van der Waals surface area contributed by atoms with Crippen molar-refractivity contribution in [1.82, 2.24) is 0 Å². The summed E-state index contributed by atoms with van der Waals surface area (Å²) in [4.78, 5) is 4.28. The van der Waals surface area contributed by atoms with E-state index in [0.29, 0.717) is 5.96 Å². The van der Waals surface area contributed by atoms with Crippen LogP contribution < -0.4 is 15.8 Å². The fourth-order valence-electron chi connectivity index (χ4n) is 1.45. The van der Waals surface area contributed by atoms with Crippen molar-refractivity contribution in [3.8, 4) is 5.75 Å². The third kappa shape index (κ3) is 5.82. The highest BCUT2D eigenvalue weighted by atomic mass is 32.2. The van der Waals surface area contributed by atoms with Crippen molar-refractivity contribution >= 4 is 23.4 Å². The van der Waals surface area contributed by atoms with Crippen LogP contribution in [0.2, 0.25) is 0 Å². The number of methoxy groups -OCH3 is 1. The summed E-state index contributed by atoms with van der Waals surface area (Å²) in [6, 6.07) is 7.61. The van der Waals surface area contributed by atoms with E-state index >= 15 is 0 Å². The molecule has 0 unspecified atom stereocenters. The molecule has 18 heavy (non-hydrogen) atoms. The smallest absolute Gasteiger partial charge is 0.193 e. The van der Waals surface area contributed by atoms with Gasteiger partial charge in [0.1, 0.15) is 5.75 Å². The maximum atomic E-state index is 5.80. The Hall–Kier alpha value is -1.36. The first-order valence-corrected chi connectivity index (χ1v) is 7.35. The van der Waals surface area contributed by atoms with Crippen LogP contribution in [0.3, 0.4) is 0 Å². The molecule has 1 aromatic carbocycles. The normalized spacial score (nSPS) is 11.3. The average Bonchev–Trinajstić information content (AvgIpc) is 2.38. The fraction of sp³-hybridized carbons (Fsp3) is 0.462. The van der Waals surface area contributed by atoms with Gasteiger partial charge in [-0.25, -0.2) is 0 Å². The summed E-state index contributed by atoms with van der Waals surface area (Å²) >= 11 is 1.86. The van der Waals surface area contributed by atoms with Crippen molar-refractivity contribution in [2.75, 3.05) is 31.0 Å². The molecule has 0 aliphatic carbocycles. The number of unbranched alkanes of at least 4 members (excludes halogenated alkanes) is 1. The van der Waals surface area contributed by atoms with E-state index in [4.69, 9.17) is 10.5 Å². The number of rotatable bonds is 7. The number of nitrogens with zero attached hydrogens (tertiary/aromatic N) is 1. The number of anilines is 1. The van der Waals surface area contributed by atoms with Crippen molar-refractivity contribution in [2.45, 2.75) is 12.8 Å². The van der Waals surface area contributed by atoms with E-state index in [1.807, 2.05) is 36.0 Å². The van der Waals surface area contributed by atoms with Gasteiger partial charge < -0.3 is 15.8 Å². The molecule has 5 heteroatoms. The van der Waals surface area contributed by atoms with Gasteiger partial charge in [-0.1, -0.05) is 6.07 Å². The second kappa shape index (κ2) is 8.69. The molecule has 0 saturated heterocycles. The fourth-order valence-corrected chi connectivity index (χ4v) is 1.94. The SMILES string of the molecule is COc1cccc(NC(N)=NCCCCSC)c1. The molecule has 1 aromatic rings. The first kappa shape index (κ1) is 14.7. The van der Waals surface area contributed by atoms with Gasteiger partial charge in [0, 0.05) is 18.3 Å². The molecule has 0 aliphatic heterocycles. The Morgan fingerprint density at radius 3 is 3.00 bits per heavy atom. The quantitative estimate of drug-likeness (QED) is 0.453. The van der Waals surface area contributed by atoms with E-state index in [2.05, 4.69) is 16.6 Å². The Balaban J connectivity index is 2.38. The van der Waals surface area contributed by atoms with Gasteiger partial charge in [-0.3, -0.25) is 4.99 Å². The predicted molar refractivity (Wildman–Crippen MR) is 80.7 cm³/mol. The van der Waals surface area contributed by atoms with Gasteiger partial charge in [0.05, 0.1) is 7.11 Å². The number of guanidine groups is 1. The number of hydrogen-bond acceptors (Lipinski definition) is 3. The molecule has 0 aliphatic rings. The molecule has 100 valence electrons. The van der Waals surface area contributed by atoms with Gasteiger partial charge >= 0.3 is 0 Å². The van der Waals surface area contributed by atoms with E-state index in [-0.39, 0.29) is 0 Å². The zero-order valence-electron chi connectivity index (χ0n) is 11.0. The molecule has 0 bridgehead atoms. The van der Waals surface area contributed by atoms with Crippen LogP contribution in [0.4, 0.5) is 5.69 Å². The topological polar surface area (TPSA) is 59.6 Å². The van der Waals surface area contributed by atoms with E-state index < -0.39 is 0 Å². The van der Waals surface area contributed by atoms with Gasteiger partial charge in [-0.05, 0) is 37.0 Å². The highest BCUT2D eigenvalue weighted by Gasteiger charge is 1.97. The van der Waals surface area contributed by atoms with Gasteiger partial charge in [0.25, 0.3) is 0 Å². The minimum atomic E-state index is 0.451. The lowest BCUT2D eigenvalue weighted by Crippen LogP contribution is -2.22. The lowest BCUT2D eigenvalue weighted by molar-refractivity contribution is 0.415. The van der Waals surface area contributed by atoms with Crippen LogP contribution in [0.5, 0.6) is 5.75 Å². The van der Waals surface area contributed by atoms with Crippen LogP contribution in [-0.2, 0) is 0 Å². The zero-order valence-corrected chi connectivity index (χ0v) is 11.8. The third-order valence-electron chi connectivity index (χ3n) is 2.38. The minimum absolute atomic E-state index is 0.451. The standard InChI is InChI=1S/C13H21N3OS/c1-17-12-7-5-6-11(10-12)16-13(14)15-8-3-4-9-18-2/h5-7,10H,3-4,8-9H2,1-2H3,(H3,14,15,16). The van der Waals surface area contributed by atoms with Gasteiger partial charge in [-0.2, -0.15) is 11.8 Å². The lowest BCUT2D eigenvalue weighted by Gasteiger charge is -2.07. The lowest BCUT2D eigenvalue weighted by atomic mass is 10.3. The van der Waals surface area contributed by atoms with Crippen molar-refractivity contribution < 1.29 is 4.74 Å². The molecule has 0 spiro atoms. The van der Waals surface area contributed by atoms with Crippen molar-refractivity contribution in [1.29, 1.82) is 0 Å². The Labute approximate surface area is 113 Å². The summed E-state index contributed by atoms with van der Waals surface area (Å²) in [5, 5.41) is 3.05. The Kier molecular flexibility index (Phi) is 7.10. The molecule has 0 aromatic heterocycles. The first-order valence-electron chi connectivity index (χ1n) is 5.96. The molecule has 0 saturated carbocycles. The summed E-state index contributed by atoms with van der Waals surface area (Å²) in [7, 11) is 1.64. The van der Waals surface area contributed by atoms with Crippen molar-refractivity contribution in [3.05, 3.63) is 24.3 Å². The summed E-state index contributed by atoms with van der Waals surface area (Å²) in [6.45, 7) is 0.767. The molecule has 0 fully saturated rings. The first-order chi connectivity index (χ1) is 8.76. The number of benzene rings is 1. The molecule has 0 amide bonds. The van der Waals surface area contributed by atoms with Crippen molar-refractivity contribution in [3.63, 3.8) is 0 Å². The van der Waals surface area contributed by atoms with E-state index in [9.17, 15) is 0 Å². The predicted octanol–water partition coefficient (Wildman–Crippen LogP) is 2.57. The third-order valence-corrected chi connectivity index (χ3v) is 3.08. The molecule has 3 N–H and O–H groups in total. The van der Waals surface area contributed by atoms with Gasteiger partial charge in [0.2, 0.25) is 0 Å². The van der Waals surface area contributed by atoms with E-state index in [1.165, 1.54) is 12.2 Å². The summed E-state index contributed by atoms with van der Waals surface area (Å²) in [5.41, 5.74) is 6.69. The van der Waals surface area contributed by atoms with Crippen LogP contribution in [0.25, 0.3) is 0 Å². The Morgan fingerprint density at radius 1 is 1.44 bits per heavy atom. The van der Waals surface area contributed by atoms with E-state index in [0.717, 1.165) is 24.4 Å². The maximum absolute atomic E-state index is 5.80. The summed E-state index contributed by atoms with van der Waals surface area (Å²) < 4.78 is 5.14. The van der Waals surface area contributed by atoms with Gasteiger partial charge in [-0.15, -0.1) is 0 Å². The molecule has 4 nitrogen and oxygen atoms in total. The highest BCUT2D eigenvalue weighted by molar-refractivity contribution is 7.98. The Morgan fingerprint density at radius 2 is 2.28 bits per heavy atom. The molecule has 0 heterocycles. The summed E-state index contributed by atoms with van der Waals surface area (Å²) in [6.07, 6.45) is 4.36. The van der Waals surface area contributed by atoms with Crippen LogP contribution in [0, 0.1) is 0 Å². The minimum Gasteiger partial charge on any atom is -0.497 e. The second-order valence-electron chi connectivity index (χ2n) is 3.82. The zero-order chi connectivity index (χ0) is 13.2. The number of nitrogens with one attached hydrogen (secondary N) is 1. The maximum Gasteiger partial charge on any atom is 0.193 e. The van der Waals surface area contributed by atoms with Crippen LogP contribution in [0.15, 0.2) is 29.3 Å². The molecule has 0 atom stereocenters. The number of aliphatic imine (C=N–C) groups is 1. The largest absolute Gasteiger partial charge is 0.497 e. The number of thioether (sulfide) groups is 1. The monoisotopic (exact) mass is 267 g/mol. The van der Waals surface area contributed by atoms with Crippen molar-refractivity contribution in [2.24, 2.45) is 10.7 Å². The molecular weight excluding hydrogens is 246 g/mol. The van der Waals surface area contributed by atoms with E-state index in [1.54, 1.807) is 7.11 Å². The highest BCUT2D eigenvalue weighted by Crippen LogP contribution is 2.16.